The average Bonchev–Trinajstić information content (AvgIpc) is 4.06. The highest BCUT2D eigenvalue weighted by molar-refractivity contribution is 8.15. The smallest absolute Gasteiger partial charge is 0.356 e. The Morgan fingerprint density at radius 3 is 2.42 bits per heavy atom. The summed E-state index contributed by atoms with van der Waals surface area (Å²) in [5.74, 6) is 2.75. The molecular weight excluding hydrogens is 799 g/mol. The van der Waals surface area contributed by atoms with Gasteiger partial charge in [-0.1, -0.05) is 85.8 Å². The average molecular weight is 842 g/mol. The van der Waals surface area contributed by atoms with Gasteiger partial charge in [0.1, 0.15) is 24.0 Å². The molecule has 60 heavy (non-hydrogen) atoms. The molecule has 4 aromatic carbocycles. The molecule has 3 aromatic heterocycles. The third-order valence-corrected chi connectivity index (χ3v) is 12.3. The predicted octanol–water partition coefficient (Wildman–Crippen LogP) is 7.95. The summed E-state index contributed by atoms with van der Waals surface area (Å²) in [7, 11) is 1.97. The van der Waals surface area contributed by atoms with Gasteiger partial charge in [-0.15, -0.1) is 16.9 Å². The van der Waals surface area contributed by atoms with E-state index < -0.39 is 5.25 Å². The van der Waals surface area contributed by atoms with Crippen molar-refractivity contribution in [2.45, 2.75) is 68.6 Å². The number of aryl methyl sites for hydroxylation is 2. The lowest BCUT2D eigenvalue weighted by molar-refractivity contribution is -0.118. The maximum absolute atomic E-state index is 13.7. The molecule has 0 bridgehead atoms. The van der Waals surface area contributed by atoms with Crippen molar-refractivity contribution in [2.75, 3.05) is 6.61 Å². The van der Waals surface area contributed by atoms with Gasteiger partial charge in [0, 0.05) is 36.2 Å². The van der Waals surface area contributed by atoms with E-state index in [2.05, 4.69) is 63.2 Å². The summed E-state index contributed by atoms with van der Waals surface area (Å²) in [5, 5.41) is 16.1. The van der Waals surface area contributed by atoms with Crippen LogP contribution in [0.5, 0.6) is 5.75 Å². The van der Waals surface area contributed by atoms with Crippen LogP contribution in [0.4, 0.5) is 4.79 Å². The molecule has 0 aliphatic carbocycles. The summed E-state index contributed by atoms with van der Waals surface area (Å²) in [4.78, 5) is 48.1. The number of H-pyrrole nitrogens is 1. The largest absolute Gasteiger partial charge is 0.486 e. The minimum atomic E-state index is -0.414. The van der Waals surface area contributed by atoms with Gasteiger partial charge in [-0.3, -0.25) is 14.9 Å². The van der Waals surface area contributed by atoms with Crippen molar-refractivity contribution in [1.29, 1.82) is 0 Å². The van der Waals surface area contributed by atoms with Gasteiger partial charge in [-0.2, -0.15) is 0 Å². The second-order valence-electron chi connectivity index (χ2n) is 14.3. The molecule has 14 nitrogen and oxygen atoms in total. The number of nitrogens with one attached hydrogen (secondary N) is 2. The van der Waals surface area contributed by atoms with E-state index >= 15 is 0 Å². The Balaban J connectivity index is 0.979. The number of esters is 1. The molecule has 0 saturated carbocycles. The van der Waals surface area contributed by atoms with E-state index in [0.29, 0.717) is 41.7 Å². The highest BCUT2D eigenvalue weighted by Crippen LogP contribution is 2.32. The van der Waals surface area contributed by atoms with Crippen molar-refractivity contribution in [1.82, 2.24) is 45.0 Å². The topological polar surface area (TPSA) is 172 Å². The van der Waals surface area contributed by atoms with E-state index in [9.17, 15) is 14.4 Å². The van der Waals surface area contributed by atoms with Crippen molar-refractivity contribution >= 4 is 51.7 Å². The van der Waals surface area contributed by atoms with Crippen LogP contribution in [0.25, 0.3) is 33.5 Å². The first-order valence-electron chi connectivity index (χ1n) is 19.8. The number of aromatic amines is 1. The van der Waals surface area contributed by atoms with Crippen LogP contribution in [0.2, 0.25) is 0 Å². The molecule has 1 fully saturated rings. The van der Waals surface area contributed by atoms with Crippen LogP contribution in [0.3, 0.4) is 0 Å². The van der Waals surface area contributed by atoms with Gasteiger partial charge in [0.15, 0.2) is 11.5 Å². The van der Waals surface area contributed by atoms with Crippen LogP contribution in [0.1, 0.15) is 65.6 Å². The van der Waals surface area contributed by atoms with Crippen molar-refractivity contribution in [2.24, 2.45) is 7.05 Å². The molecule has 8 rings (SSSR count). The molecule has 7 aromatic rings. The van der Waals surface area contributed by atoms with Crippen molar-refractivity contribution in [3.05, 3.63) is 125 Å². The molecule has 4 heterocycles. The molecule has 16 heteroatoms. The normalized spacial score (nSPS) is 13.9. The number of hydrogen-bond acceptors (Lipinski definition) is 12. The molecule has 1 saturated heterocycles. The van der Waals surface area contributed by atoms with Gasteiger partial charge in [0.25, 0.3) is 5.24 Å². The molecule has 1 aliphatic heterocycles. The number of carbonyl (C=O) groups excluding carboxylic acids is 3. The Hall–Kier alpha value is -6.26. The zero-order valence-corrected chi connectivity index (χ0v) is 35.0. The molecule has 2 N–H and O–H groups in total. The number of imidazole rings is 2. The van der Waals surface area contributed by atoms with Gasteiger partial charge < -0.3 is 18.6 Å². The molecule has 306 valence electrons. The van der Waals surface area contributed by atoms with E-state index in [4.69, 9.17) is 19.4 Å². The minimum absolute atomic E-state index is 0.251. The highest BCUT2D eigenvalue weighted by atomic mass is 32.2. The summed E-state index contributed by atoms with van der Waals surface area (Å²) in [6.45, 7) is 4.96. The highest BCUT2D eigenvalue weighted by Gasteiger charge is 2.31. The van der Waals surface area contributed by atoms with Crippen molar-refractivity contribution in [3.8, 4) is 28.3 Å². The lowest BCUT2D eigenvalue weighted by Crippen LogP contribution is -2.25. The van der Waals surface area contributed by atoms with Gasteiger partial charge >= 0.3 is 5.97 Å². The Bertz CT molecular complexity index is 2640. The number of unbranched alkanes of at least 4 members (excludes halogenated alkanes) is 1. The molecule has 0 spiro atoms. The number of amides is 2. The fourth-order valence-corrected chi connectivity index (χ4v) is 8.89. The standard InChI is InChI=1S/C44H43N9O5S2/c1-4-6-11-38-46-35(40(43(55)57-5-2)53(38)24-28-12-16-29(17-13-28)32-9-7-8-10-33(32)41-48-50-51-49-41)26-59-31-20-21-34-36(23-31)52(3)39(45-34)25-58-30-18-14-27(15-19-30)22-37-42(54)47-44(56)60-37/h7-10,12-21,23,37H,4-6,11,22,24-26H2,1-3H3,(H,47,54,56)(H,48,49,50,51). The Morgan fingerprint density at radius 2 is 1.70 bits per heavy atom. The Kier molecular flexibility index (Phi) is 12.4. The molecule has 1 unspecified atom stereocenters. The molecular formula is C44H43N9O5S2. The van der Waals surface area contributed by atoms with E-state index in [0.717, 1.165) is 86.4 Å². The van der Waals surface area contributed by atoms with E-state index in [1.807, 2.05) is 83.8 Å². The zero-order chi connectivity index (χ0) is 41.6. The molecule has 2 amide bonds. The fourth-order valence-electron chi connectivity index (χ4n) is 7.17. The number of fused-ring (bicyclic) bond motifs is 1. The van der Waals surface area contributed by atoms with Gasteiger partial charge in [-0.05, 0) is 82.8 Å². The number of imide groups is 1. The molecule has 0 radical (unpaired) electrons. The zero-order valence-electron chi connectivity index (χ0n) is 33.4. The van der Waals surface area contributed by atoms with Gasteiger partial charge in [-0.25, -0.2) is 19.9 Å². The van der Waals surface area contributed by atoms with Crippen molar-refractivity contribution < 1.29 is 23.9 Å². The number of hydrogen-bond donors (Lipinski definition) is 2. The Morgan fingerprint density at radius 1 is 0.917 bits per heavy atom. The third-order valence-electron chi connectivity index (χ3n) is 10.3. The number of rotatable bonds is 17. The van der Waals surface area contributed by atoms with Crippen LogP contribution in [-0.4, -0.2) is 68.7 Å². The number of aromatic nitrogens is 8. The van der Waals surface area contributed by atoms with Crippen LogP contribution in [-0.2, 0) is 48.3 Å². The van der Waals surface area contributed by atoms with E-state index in [-0.39, 0.29) is 30.3 Å². The quantitative estimate of drug-likeness (QED) is 0.0671. The fraction of sp³-hybridized carbons (Fsp3) is 0.273. The SMILES string of the molecule is CCCCc1nc(CSc2ccc3nc(COc4ccc(CC5SC(=O)NC5=O)cc4)n(C)c3c2)c(C(=O)OCC)n1Cc1ccc(-c2ccccc2-c2nnn[nH]2)cc1. The summed E-state index contributed by atoms with van der Waals surface area (Å²) in [5.41, 5.74) is 7.89. The first-order chi connectivity index (χ1) is 29.3. The monoisotopic (exact) mass is 841 g/mol. The maximum atomic E-state index is 13.7. The number of benzene rings is 4. The molecule has 1 aliphatic rings. The first-order valence-corrected chi connectivity index (χ1v) is 21.6. The summed E-state index contributed by atoms with van der Waals surface area (Å²) >= 11 is 2.64. The summed E-state index contributed by atoms with van der Waals surface area (Å²) in [6.07, 6.45) is 3.14. The number of thioether (sulfide) groups is 2. The number of carbonyl (C=O) groups is 3. The minimum Gasteiger partial charge on any atom is -0.486 e. The third kappa shape index (κ3) is 8.99. The van der Waals surface area contributed by atoms with Crippen LogP contribution >= 0.6 is 23.5 Å². The predicted molar refractivity (Wildman–Crippen MR) is 231 cm³/mol. The second-order valence-corrected chi connectivity index (χ2v) is 16.5. The lowest BCUT2D eigenvalue weighted by Gasteiger charge is -2.13. The first kappa shape index (κ1) is 40.5. The number of tetrazole rings is 1. The van der Waals surface area contributed by atoms with Gasteiger partial charge in [0.2, 0.25) is 5.91 Å². The molecule has 1 atom stereocenters. The van der Waals surface area contributed by atoms with Crippen LogP contribution in [0.15, 0.2) is 95.9 Å². The van der Waals surface area contributed by atoms with Crippen LogP contribution < -0.4 is 10.1 Å². The van der Waals surface area contributed by atoms with Gasteiger partial charge in [0.05, 0.1) is 28.6 Å². The maximum Gasteiger partial charge on any atom is 0.356 e. The van der Waals surface area contributed by atoms with Crippen LogP contribution in [0, 0.1) is 0 Å². The number of ether oxygens (including phenoxy) is 2. The van der Waals surface area contributed by atoms with Crippen molar-refractivity contribution in [3.63, 3.8) is 0 Å². The number of nitrogens with zero attached hydrogens (tertiary/aromatic N) is 7. The van der Waals surface area contributed by atoms with E-state index in [1.165, 1.54) is 0 Å². The second kappa shape index (κ2) is 18.3. The lowest BCUT2D eigenvalue weighted by atomic mass is 9.98. The summed E-state index contributed by atoms with van der Waals surface area (Å²) in [6, 6.07) is 30.0. The van der Waals surface area contributed by atoms with E-state index in [1.54, 1.807) is 11.8 Å². The summed E-state index contributed by atoms with van der Waals surface area (Å²) < 4.78 is 15.8. The Labute approximate surface area is 354 Å².